The molecule has 1 saturated carbocycles. The molecule has 182 valence electrons. The summed E-state index contributed by atoms with van der Waals surface area (Å²) in [6.45, 7) is 1.36. The Kier molecular flexibility index (Phi) is 7.02. The number of nitrogens with two attached hydrogens (primary N) is 1. The van der Waals surface area contributed by atoms with Crippen LogP contribution in [0.15, 0.2) is 36.7 Å². The van der Waals surface area contributed by atoms with Crippen molar-refractivity contribution in [3.8, 4) is 28.5 Å². The van der Waals surface area contributed by atoms with Gasteiger partial charge in [0.1, 0.15) is 35.1 Å². The molecule has 1 fully saturated rings. The zero-order valence-corrected chi connectivity index (χ0v) is 19.5. The van der Waals surface area contributed by atoms with Gasteiger partial charge in [-0.2, -0.15) is 8.78 Å². The Morgan fingerprint density at radius 1 is 1.24 bits per heavy atom. The second-order valence-corrected chi connectivity index (χ2v) is 8.95. The van der Waals surface area contributed by atoms with E-state index in [1.54, 1.807) is 35.0 Å². The number of hydrogen-bond acceptors (Lipinski definition) is 6. The third-order valence-corrected chi connectivity index (χ3v) is 6.03. The number of aromatic nitrogens is 2. The molecule has 1 aliphatic rings. The van der Waals surface area contributed by atoms with Crippen molar-refractivity contribution in [1.29, 1.82) is 0 Å². The van der Waals surface area contributed by atoms with Crippen LogP contribution < -0.4 is 19.9 Å². The molecule has 7 nitrogen and oxygen atoms in total. The smallest absolute Gasteiger partial charge is 0.387 e. The fourth-order valence-electron chi connectivity index (χ4n) is 3.70. The van der Waals surface area contributed by atoms with Crippen molar-refractivity contribution in [2.75, 3.05) is 13.7 Å². The van der Waals surface area contributed by atoms with Gasteiger partial charge in [0, 0.05) is 30.3 Å². The minimum atomic E-state index is -3.08. The number of pyridine rings is 1. The van der Waals surface area contributed by atoms with Crippen molar-refractivity contribution in [2.45, 2.75) is 45.8 Å². The Balaban J connectivity index is 1.68. The molecule has 2 N–H and O–H groups in total. The van der Waals surface area contributed by atoms with Crippen molar-refractivity contribution >= 4 is 11.4 Å². The molecule has 1 atom stereocenters. The number of methoxy groups -OCH3 is 1. The highest BCUT2D eigenvalue weighted by molar-refractivity contribution is 6.02. The Bertz CT molecular complexity index is 1170. The van der Waals surface area contributed by atoms with Crippen LogP contribution in [-0.2, 0) is 0 Å². The molecule has 0 aliphatic heterocycles. The average Bonchev–Trinajstić information content (AvgIpc) is 3.51. The number of ketones is 1. The predicted octanol–water partition coefficient (Wildman–Crippen LogP) is 4.96. The molecule has 1 aromatic carbocycles. The standard InChI is InChI=1S/C25H29F2N3O4/c1-14(2)18(28)13-33-17-6-7-30-19(12-29-23(30)11-17)16-9-21(32-3)24(20(31)8-15-4-5-15)22(10-16)34-25(26)27/h6-7,9-12,14-15,18,25H,4-5,8,13,28H2,1-3H3. The second-order valence-electron chi connectivity index (χ2n) is 8.95. The van der Waals surface area contributed by atoms with E-state index in [9.17, 15) is 13.6 Å². The molecule has 0 spiro atoms. The number of rotatable bonds is 11. The number of carbonyl (C=O) groups excluding carboxylic acids is 1. The highest BCUT2D eigenvalue weighted by atomic mass is 19.3. The topological polar surface area (TPSA) is 88.1 Å². The summed E-state index contributed by atoms with van der Waals surface area (Å²) in [7, 11) is 1.40. The number of alkyl halides is 2. The number of carbonyl (C=O) groups is 1. The number of fused-ring (bicyclic) bond motifs is 1. The normalized spacial score (nSPS) is 14.6. The maximum absolute atomic E-state index is 13.2. The Morgan fingerprint density at radius 2 is 1.97 bits per heavy atom. The Morgan fingerprint density at radius 3 is 2.62 bits per heavy atom. The van der Waals surface area contributed by atoms with Crippen LogP contribution in [0.25, 0.3) is 16.9 Å². The lowest BCUT2D eigenvalue weighted by atomic mass is 10.00. The van der Waals surface area contributed by atoms with Crippen molar-refractivity contribution in [3.63, 3.8) is 0 Å². The summed E-state index contributed by atoms with van der Waals surface area (Å²) in [5, 5.41) is 0. The fraction of sp³-hybridized carbons (Fsp3) is 0.440. The van der Waals surface area contributed by atoms with Crippen LogP contribution in [0.3, 0.4) is 0 Å². The van der Waals surface area contributed by atoms with Crippen molar-refractivity contribution in [2.24, 2.45) is 17.6 Å². The first-order valence-corrected chi connectivity index (χ1v) is 11.3. The number of halogens is 2. The molecule has 1 unspecified atom stereocenters. The lowest BCUT2D eigenvalue weighted by molar-refractivity contribution is -0.0502. The molecular weight excluding hydrogens is 444 g/mol. The maximum atomic E-state index is 13.2. The van der Waals surface area contributed by atoms with E-state index < -0.39 is 6.61 Å². The zero-order valence-electron chi connectivity index (χ0n) is 19.5. The fourth-order valence-corrected chi connectivity index (χ4v) is 3.70. The highest BCUT2D eigenvalue weighted by Crippen LogP contribution is 2.40. The maximum Gasteiger partial charge on any atom is 0.387 e. The first-order valence-electron chi connectivity index (χ1n) is 11.3. The second kappa shape index (κ2) is 9.97. The Labute approximate surface area is 196 Å². The van der Waals surface area contributed by atoms with Crippen molar-refractivity contribution < 1.29 is 27.8 Å². The van der Waals surface area contributed by atoms with Gasteiger partial charge in [-0.3, -0.25) is 9.20 Å². The molecular formula is C25H29F2N3O4. The summed E-state index contributed by atoms with van der Waals surface area (Å²) in [6, 6.07) is 6.55. The molecule has 2 aromatic heterocycles. The SMILES string of the molecule is COc1cc(-c2cnc3cc(OCC(N)C(C)C)ccn23)cc(OC(F)F)c1C(=O)CC1CC1. The van der Waals surface area contributed by atoms with E-state index in [4.69, 9.17) is 19.9 Å². The Hall–Kier alpha value is -3.20. The summed E-state index contributed by atoms with van der Waals surface area (Å²) in [5.74, 6) is 0.938. The average molecular weight is 474 g/mol. The van der Waals surface area contributed by atoms with Gasteiger partial charge >= 0.3 is 6.61 Å². The minimum Gasteiger partial charge on any atom is -0.496 e. The largest absolute Gasteiger partial charge is 0.496 e. The van der Waals surface area contributed by atoms with E-state index in [1.807, 2.05) is 13.8 Å². The van der Waals surface area contributed by atoms with E-state index in [1.165, 1.54) is 13.2 Å². The van der Waals surface area contributed by atoms with Gasteiger partial charge in [-0.05, 0) is 42.9 Å². The summed E-state index contributed by atoms with van der Waals surface area (Å²) in [6.07, 6.45) is 5.61. The number of imidazole rings is 1. The van der Waals surface area contributed by atoms with Gasteiger partial charge in [0.15, 0.2) is 5.78 Å². The van der Waals surface area contributed by atoms with Gasteiger partial charge in [0.05, 0.1) is 19.0 Å². The van der Waals surface area contributed by atoms with Gasteiger partial charge in [0.2, 0.25) is 0 Å². The van der Waals surface area contributed by atoms with Crippen molar-refractivity contribution in [3.05, 3.63) is 42.2 Å². The summed E-state index contributed by atoms with van der Waals surface area (Å²) >= 11 is 0. The van der Waals surface area contributed by atoms with Crippen LogP contribution in [0.4, 0.5) is 8.78 Å². The number of Topliss-reactive ketones (excluding diaryl/α,β-unsaturated/α-hetero) is 1. The lowest BCUT2D eigenvalue weighted by Gasteiger charge is -2.17. The van der Waals surface area contributed by atoms with Gasteiger partial charge < -0.3 is 19.9 Å². The molecule has 3 aromatic rings. The van der Waals surface area contributed by atoms with Crippen LogP contribution in [0, 0.1) is 11.8 Å². The quantitative estimate of drug-likeness (QED) is 0.396. The third kappa shape index (κ3) is 5.30. The van der Waals surface area contributed by atoms with Gasteiger partial charge in [-0.1, -0.05) is 13.8 Å². The molecule has 9 heteroatoms. The van der Waals surface area contributed by atoms with Gasteiger partial charge in [0.25, 0.3) is 0 Å². The number of nitrogens with zero attached hydrogens (tertiary/aromatic N) is 2. The van der Waals surface area contributed by atoms with Crippen LogP contribution in [0.5, 0.6) is 17.2 Å². The van der Waals surface area contributed by atoms with E-state index in [0.717, 1.165) is 12.8 Å². The summed E-state index contributed by atoms with van der Waals surface area (Å²) in [5.41, 5.74) is 7.85. The number of benzene rings is 1. The monoisotopic (exact) mass is 473 g/mol. The molecule has 1 aliphatic carbocycles. The predicted molar refractivity (Wildman–Crippen MR) is 124 cm³/mol. The first kappa shape index (κ1) is 23.9. The van der Waals surface area contributed by atoms with Crippen LogP contribution in [0.1, 0.15) is 43.5 Å². The molecule has 2 heterocycles. The molecule has 0 saturated heterocycles. The third-order valence-electron chi connectivity index (χ3n) is 6.03. The number of ether oxygens (including phenoxy) is 3. The molecule has 0 amide bonds. The highest BCUT2D eigenvalue weighted by Gasteiger charge is 2.29. The number of hydrogen-bond donors (Lipinski definition) is 1. The van der Waals surface area contributed by atoms with Crippen LogP contribution in [-0.4, -0.2) is 41.5 Å². The minimum absolute atomic E-state index is 0.0458. The van der Waals surface area contributed by atoms with E-state index in [-0.39, 0.29) is 35.3 Å². The molecule has 0 radical (unpaired) electrons. The zero-order chi connectivity index (χ0) is 24.4. The molecule has 0 bridgehead atoms. The van der Waals surface area contributed by atoms with Crippen LogP contribution in [0.2, 0.25) is 0 Å². The summed E-state index contributed by atoms with van der Waals surface area (Å²) < 4.78 is 44.2. The van der Waals surface area contributed by atoms with Crippen molar-refractivity contribution in [1.82, 2.24) is 9.38 Å². The van der Waals surface area contributed by atoms with E-state index >= 15 is 0 Å². The van der Waals surface area contributed by atoms with E-state index in [2.05, 4.69) is 4.98 Å². The van der Waals surface area contributed by atoms with Gasteiger partial charge in [-0.15, -0.1) is 0 Å². The van der Waals surface area contributed by atoms with Crippen LogP contribution >= 0.6 is 0 Å². The first-order chi connectivity index (χ1) is 16.3. The van der Waals surface area contributed by atoms with Gasteiger partial charge in [-0.25, -0.2) is 4.98 Å². The molecule has 4 rings (SSSR count). The molecule has 34 heavy (non-hydrogen) atoms. The summed E-state index contributed by atoms with van der Waals surface area (Å²) in [4.78, 5) is 17.3. The van der Waals surface area contributed by atoms with E-state index in [0.29, 0.717) is 41.1 Å². The lowest BCUT2D eigenvalue weighted by Crippen LogP contribution is -2.32.